The Bertz CT molecular complexity index is 262. The number of rotatable bonds is 5. The smallest absolute Gasteiger partial charge is 0.0462 e. The zero-order valence-electron chi connectivity index (χ0n) is 9.19. The van der Waals surface area contributed by atoms with Gasteiger partial charge in [0.05, 0.1) is 0 Å². The highest BCUT2D eigenvalue weighted by atomic mass is 32.1. The van der Waals surface area contributed by atoms with Gasteiger partial charge < -0.3 is 5.11 Å². The molecule has 1 nitrogen and oxygen atoms in total. The van der Waals surface area contributed by atoms with E-state index >= 15 is 0 Å². The van der Waals surface area contributed by atoms with Crippen LogP contribution < -0.4 is 0 Å². The number of aryl methyl sites for hydroxylation is 1. The van der Waals surface area contributed by atoms with Crippen molar-refractivity contribution in [2.45, 2.75) is 38.5 Å². The van der Waals surface area contributed by atoms with Crippen LogP contribution in [-0.4, -0.2) is 11.7 Å². The third-order valence-corrected chi connectivity index (χ3v) is 4.42. The van der Waals surface area contributed by atoms with Crippen LogP contribution in [0.2, 0.25) is 0 Å². The zero-order valence-corrected chi connectivity index (χ0v) is 10.0. The highest BCUT2D eigenvalue weighted by Crippen LogP contribution is 2.33. The predicted octanol–water partition coefficient (Wildman–Crippen LogP) is 3.48. The molecule has 2 rings (SSSR count). The number of aliphatic hydroxyl groups excluding tert-OH is 1. The maximum absolute atomic E-state index is 9.42. The highest BCUT2D eigenvalue weighted by Gasteiger charge is 2.23. The van der Waals surface area contributed by atoms with Gasteiger partial charge in [-0.2, -0.15) is 11.3 Å². The number of hydrogen-bond donors (Lipinski definition) is 1. The lowest BCUT2D eigenvalue weighted by Crippen LogP contribution is -2.16. The van der Waals surface area contributed by atoms with Gasteiger partial charge in [-0.15, -0.1) is 0 Å². The van der Waals surface area contributed by atoms with Crippen LogP contribution in [0.1, 0.15) is 37.7 Å². The van der Waals surface area contributed by atoms with Crippen molar-refractivity contribution in [2.75, 3.05) is 6.61 Å². The standard InChI is InChI=1S/C13H20OS/c14-9-13(12-3-1-2-4-12)6-5-11-7-8-15-10-11/h7-8,10,12-14H,1-6,9H2. The Morgan fingerprint density at radius 3 is 2.80 bits per heavy atom. The van der Waals surface area contributed by atoms with Crippen LogP contribution in [0.4, 0.5) is 0 Å². The molecule has 1 unspecified atom stereocenters. The lowest BCUT2D eigenvalue weighted by atomic mass is 9.87. The molecule has 2 heteroatoms. The fourth-order valence-corrected chi connectivity index (χ4v) is 3.39. The summed E-state index contributed by atoms with van der Waals surface area (Å²) in [4.78, 5) is 0. The third kappa shape index (κ3) is 3.05. The Labute approximate surface area is 96.1 Å². The average molecular weight is 224 g/mol. The molecule has 0 aliphatic heterocycles. The number of thiophene rings is 1. The van der Waals surface area contributed by atoms with Crippen LogP contribution in [0.15, 0.2) is 16.8 Å². The molecule has 15 heavy (non-hydrogen) atoms. The first-order chi connectivity index (χ1) is 7.40. The van der Waals surface area contributed by atoms with E-state index in [2.05, 4.69) is 16.8 Å². The van der Waals surface area contributed by atoms with Gasteiger partial charge in [0, 0.05) is 6.61 Å². The molecular formula is C13H20OS. The molecule has 1 fully saturated rings. The molecular weight excluding hydrogens is 204 g/mol. The summed E-state index contributed by atoms with van der Waals surface area (Å²) in [5, 5.41) is 13.8. The molecule has 0 aromatic carbocycles. The Kier molecular flexibility index (Phi) is 4.21. The molecule has 1 heterocycles. The fraction of sp³-hybridized carbons (Fsp3) is 0.692. The van der Waals surface area contributed by atoms with E-state index in [4.69, 9.17) is 0 Å². The van der Waals surface area contributed by atoms with Crippen molar-refractivity contribution in [1.29, 1.82) is 0 Å². The second kappa shape index (κ2) is 5.66. The summed E-state index contributed by atoms with van der Waals surface area (Å²) in [6.07, 6.45) is 7.74. The van der Waals surface area contributed by atoms with E-state index in [-0.39, 0.29) is 0 Å². The molecule has 1 aromatic rings. The molecule has 84 valence electrons. The Morgan fingerprint density at radius 1 is 1.40 bits per heavy atom. The molecule has 0 spiro atoms. The van der Waals surface area contributed by atoms with Crippen molar-refractivity contribution < 1.29 is 5.11 Å². The lowest BCUT2D eigenvalue weighted by Gasteiger charge is -2.20. The first-order valence-corrected chi connectivity index (χ1v) is 6.96. The summed E-state index contributed by atoms with van der Waals surface area (Å²) in [6, 6.07) is 2.20. The molecule has 1 saturated carbocycles. The van der Waals surface area contributed by atoms with Crippen LogP contribution in [0, 0.1) is 11.8 Å². The molecule has 1 aliphatic rings. The minimum absolute atomic E-state index is 0.384. The van der Waals surface area contributed by atoms with Crippen molar-refractivity contribution in [3.05, 3.63) is 22.4 Å². The monoisotopic (exact) mass is 224 g/mol. The van der Waals surface area contributed by atoms with Crippen molar-refractivity contribution in [1.82, 2.24) is 0 Å². The molecule has 0 radical (unpaired) electrons. The molecule has 1 aliphatic carbocycles. The summed E-state index contributed by atoms with van der Waals surface area (Å²) < 4.78 is 0. The molecule has 1 N–H and O–H groups in total. The largest absolute Gasteiger partial charge is 0.396 e. The van der Waals surface area contributed by atoms with Crippen LogP contribution >= 0.6 is 11.3 Å². The van der Waals surface area contributed by atoms with Gasteiger partial charge in [0.2, 0.25) is 0 Å². The van der Waals surface area contributed by atoms with E-state index in [0.29, 0.717) is 12.5 Å². The van der Waals surface area contributed by atoms with Gasteiger partial charge in [0.15, 0.2) is 0 Å². The van der Waals surface area contributed by atoms with Crippen LogP contribution in [-0.2, 0) is 6.42 Å². The predicted molar refractivity (Wildman–Crippen MR) is 65.2 cm³/mol. The summed E-state index contributed by atoms with van der Waals surface area (Å²) in [5.74, 6) is 1.35. The molecule has 0 bridgehead atoms. The van der Waals surface area contributed by atoms with Crippen molar-refractivity contribution in [3.8, 4) is 0 Å². The van der Waals surface area contributed by atoms with Gasteiger partial charge in [-0.3, -0.25) is 0 Å². The summed E-state index contributed by atoms with van der Waals surface area (Å²) in [5.41, 5.74) is 1.44. The lowest BCUT2D eigenvalue weighted by molar-refractivity contribution is 0.168. The van der Waals surface area contributed by atoms with Crippen molar-refractivity contribution in [2.24, 2.45) is 11.8 Å². The second-order valence-corrected chi connectivity index (χ2v) is 5.44. The summed E-state index contributed by atoms with van der Waals surface area (Å²) in [7, 11) is 0. The maximum atomic E-state index is 9.42. The Morgan fingerprint density at radius 2 is 2.20 bits per heavy atom. The molecule has 0 saturated heterocycles. The van der Waals surface area contributed by atoms with E-state index in [0.717, 1.165) is 18.8 Å². The zero-order chi connectivity index (χ0) is 10.5. The van der Waals surface area contributed by atoms with Gasteiger partial charge in [0.1, 0.15) is 0 Å². The topological polar surface area (TPSA) is 20.2 Å². The SMILES string of the molecule is OCC(CCc1ccsc1)C1CCCC1. The van der Waals surface area contributed by atoms with Crippen molar-refractivity contribution >= 4 is 11.3 Å². The highest BCUT2D eigenvalue weighted by molar-refractivity contribution is 7.07. The second-order valence-electron chi connectivity index (χ2n) is 4.66. The third-order valence-electron chi connectivity index (χ3n) is 3.68. The molecule has 0 amide bonds. The number of aliphatic hydroxyl groups is 1. The maximum Gasteiger partial charge on any atom is 0.0462 e. The summed E-state index contributed by atoms with van der Waals surface area (Å²) in [6.45, 7) is 0.384. The molecule has 1 aromatic heterocycles. The Balaban J connectivity index is 1.80. The minimum Gasteiger partial charge on any atom is -0.396 e. The Hall–Kier alpha value is -0.340. The first-order valence-electron chi connectivity index (χ1n) is 6.02. The van der Waals surface area contributed by atoms with Crippen LogP contribution in [0.3, 0.4) is 0 Å². The van der Waals surface area contributed by atoms with Gasteiger partial charge in [-0.25, -0.2) is 0 Å². The average Bonchev–Trinajstić information content (AvgIpc) is 2.90. The normalized spacial score (nSPS) is 19.5. The van der Waals surface area contributed by atoms with Gasteiger partial charge in [-0.05, 0) is 47.1 Å². The fourth-order valence-electron chi connectivity index (χ4n) is 2.69. The van der Waals surface area contributed by atoms with Gasteiger partial charge in [-0.1, -0.05) is 25.7 Å². The van der Waals surface area contributed by atoms with E-state index in [9.17, 15) is 5.11 Å². The van der Waals surface area contributed by atoms with E-state index < -0.39 is 0 Å². The van der Waals surface area contributed by atoms with E-state index in [1.54, 1.807) is 11.3 Å². The van der Waals surface area contributed by atoms with E-state index in [1.165, 1.54) is 31.2 Å². The van der Waals surface area contributed by atoms with E-state index in [1.807, 2.05) is 0 Å². The quantitative estimate of drug-likeness (QED) is 0.812. The number of hydrogen-bond acceptors (Lipinski definition) is 2. The first kappa shape index (κ1) is 11.2. The van der Waals surface area contributed by atoms with Gasteiger partial charge in [0.25, 0.3) is 0 Å². The molecule has 1 atom stereocenters. The van der Waals surface area contributed by atoms with Crippen LogP contribution in [0.5, 0.6) is 0 Å². The van der Waals surface area contributed by atoms with Crippen molar-refractivity contribution in [3.63, 3.8) is 0 Å². The minimum atomic E-state index is 0.384. The van der Waals surface area contributed by atoms with Crippen LogP contribution in [0.25, 0.3) is 0 Å². The summed E-state index contributed by atoms with van der Waals surface area (Å²) >= 11 is 1.77. The van der Waals surface area contributed by atoms with Gasteiger partial charge >= 0.3 is 0 Å².